The maximum atomic E-state index is 4.30. The highest BCUT2D eigenvalue weighted by atomic mass is 15.1. The molecule has 0 aliphatic heterocycles. The van der Waals surface area contributed by atoms with E-state index in [0.717, 1.165) is 17.1 Å². The molecule has 5 nitrogen and oxygen atoms in total. The van der Waals surface area contributed by atoms with Crippen molar-refractivity contribution in [1.29, 1.82) is 0 Å². The van der Waals surface area contributed by atoms with Crippen molar-refractivity contribution in [2.75, 3.05) is 12.4 Å². The van der Waals surface area contributed by atoms with E-state index in [-0.39, 0.29) is 0 Å². The molecule has 0 atom stereocenters. The standard InChI is InChI=1S/C10H11N5/c1-7-5-8(15-10(11-2)14-7)9-6-12-3-4-13-9/h3-6H,1-2H3,(H,11,14,15). The first-order valence-corrected chi connectivity index (χ1v) is 4.59. The maximum absolute atomic E-state index is 4.30. The van der Waals surface area contributed by atoms with Crippen LogP contribution in [0.5, 0.6) is 0 Å². The van der Waals surface area contributed by atoms with Gasteiger partial charge < -0.3 is 5.32 Å². The number of anilines is 1. The van der Waals surface area contributed by atoms with Crippen molar-refractivity contribution in [2.45, 2.75) is 6.92 Å². The predicted octanol–water partition coefficient (Wildman–Crippen LogP) is 1.28. The summed E-state index contributed by atoms with van der Waals surface area (Å²) in [5.74, 6) is 0.593. The van der Waals surface area contributed by atoms with Gasteiger partial charge in [0.15, 0.2) is 0 Å². The molecule has 2 heterocycles. The van der Waals surface area contributed by atoms with Crippen molar-refractivity contribution in [1.82, 2.24) is 19.9 Å². The van der Waals surface area contributed by atoms with E-state index in [0.29, 0.717) is 5.95 Å². The Kier molecular flexibility index (Phi) is 2.53. The maximum Gasteiger partial charge on any atom is 0.223 e. The monoisotopic (exact) mass is 201 g/mol. The van der Waals surface area contributed by atoms with E-state index in [1.165, 1.54) is 0 Å². The number of aryl methyl sites for hydroxylation is 1. The molecule has 0 spiro atoms. The molecule has 0 saturated heterocycles. The molecule has 0 fully saturated rings. The average Bonchev–Trinajstić information content (AvgIpc) is 2.29. The Morgan fingerprint density at radius 1 is 1.13 bits per heavy atom. The van der Waals surface area contributed by atoms with Crippen LogP contribution in [0.4, 0.5) is 5.95 Å². The van der Waals surface area contributed by atoms with Crippen LogP contribution in [0.3, 0.4) is 0 Å². The zero-order valence-corrected chi connectivity index (χ0v) is 8.60. The highest BCUT2D eigenvalue weighted by molar-refractivity contribution is 5.54. The summed E-state index contributed by atoms with van der Waals surface area (Å²) in [7, 11) is 1.79. The summed E-state index contributed by atoms with van der Waals surface area (Å²) in [5, 5.41) is 2.91. The molecular formula is C10H11N5. The second-order valence-corrected chi connectivity index (χ2v) is 3.06. The van der Waals surface area contributed by atoms with E-state index >= 15 is 0 Å². The summed E-state index contributed by atoms with van der Waals surface area (Å²) in [6, 6.07) is 1.88. The molecule has 0 aliphatic carbocycles. The van der Waals surface area contributed by atoms with Gasteiger partial charge in [-0.15, -0.1) is 0 Å². The minimum Gasteiger partial charge on any atom is -0.357 e. The van der Waals surface area contributed by atoms with Gasteiger partial charge in [0.2, 0.25) is 5.95 Å². The van der Waals surface area contributed by atoms with Gasteiger partial charge in [-0.05, 0) is 13.0 Å². The van der Waals surface area contributed by atoms with E-state index < -0.39 is 0 Å². The number of rotatable bonds is 2. The van der Waals surface area contributed by atoms with Gasteiger partial charge in [-0.25, -0.2) is 9.97 Å². The molecule has 15 heavy (non-hydrogen) atoms. The minimum atomic E-state index is 0.593. The third kappa shape index (κ3) is 2.07. The first-order valence-electron chi connectivity index (χ1n) is 4.59. The number of nitrogens with zero attached hydrogens (tertiary/aromatic N) is 4. The third-order valence-corrected chi connectivity index (χ3v) is 1.90. The Hall–Kier alpha value is -2.04. The van der Waals surface area contributed by atoms with Crippen molar-refractivity contribution in [2.24, 2.45) is 0 Å². The largest absolute Gasteiger partial charge is 0.357 e. The van der Waals surface area contributed by atoms with Gasteiger partial charge in [0, 0.05) is 25.1 Å². The zero-order valence-electron chi connectivity index (χ0n) is 8.60. The molecule has 0 aromatic carbocycles. The number of hydrogen-bond acceptors (Lipinski definition) is 5. The first-order chi connectivity index (χ1) is 7.29. The summed E-state index contributed by atoms with van der Waals surface area (Å²) in [6.07, 6.45) is 4.96. The van der Waals surface area contributed by atoms with Crippen LogP contribution in [-0.2, 0) is 0 Å². The van der Waals surface area contributed by atoms with Gasteiger partial charge in [-0.2, -0.15) is 0 Å². The topological polar surface area (TPSA) is 63.6 Å². The van der Waals surface area contributed by atoms with Crippen LogP contribution in [0.15, 0.2) is 24.7 Å². The van der Waals surface area contributed by atoms with Gasteiger partial charge in [-0.1, -0.05) is 0 Å². The summed E-state index contributed by atoms with van der Waals surface area (Å²) >= 11 is 0. The molecule has 76 valence electrons. The van der Waals surface area contributed by atoms with E-state index in [1.807, 2.05) is 13.0 Å². The molecule has 2 aromatic rings. The average molecular weight is 201 g/mol. The fourth-order valence-corrected chi connectivity index (χ4v) is 1.24. The van der Waals surface area contributed by atoms with Crippen LogP contribution in [-0.4, -0.2) is 27.0 Å². The van der Waals surface area contributed by atoms with Crippen LogP contribution < -0.4 is 5.32 Å². The van der Waals surface area contributed by atoms with Crippen molar-refractivity contribution >= 4 is 5.95 Å². The van der Waals surface area contributed by atoms with E-state index in [4.69, 9.17) is 0 Å². The van der Waals surface area contributed by atoms with Crippen LogP contribution >= 0.6 is 0 Å². The Morgan fingerprint density at radius 3 is 2.67 bits per heavy atom. The number of hydrogen-bond donors (Lipinski definition) is 1. The fourth-order valence-electron chi connectivity index (χ4n) is 1.24. The van der Waals surface area contributed by atoms with Gasteiger partial charge in [0.05, 0.1) is 11.9 Å². The molecule has 0 amide bonds. The normalized spacial score (nSPS) is 10.0. The van der Waals surface area contributed by atoms with Crippen LogP contribution in [0, 0.1) is 6.92 Å². The molecule has 5 heteroatoms. The highest BCUT2D eigenvalue weighted by Gasteiger charge is 2.04. The van der Waals surface area contributed by atoms with E-state index in [2.05, 4.69) is 25.3 Å². The lowest BCUT2D eigenvalue weighted by Gasteiger charge is -2.03. The summed E-state index contributed by atoms with van der Waals surface area (Å²) in [5.41, 5.74) is 2.43. The van der Waals surface area contributed by atoms with Gasteiger partial charge >= 0.3 is 0 Å². The quantitative estimate of drug-likeness (QED) is 0.793. The SMILES string of the molecule is CNc1nc(C)cc(-c2cnccn2)n1. The van der Waals surface area contributed by atoms with E-state index in [1.54, 1.807) is 25.6 Å². The summed E-state index contributed by atoms with van der Waals surface area (Å²) in [4.78, 5) is 16.7. The van der Waals surface area contributed by atoms with Gasteiger partial charge in [0.1, 0.15) is 5.69 Å². The van der Waals surface area contributed by atoms with Crippen LogP contribution in [0.1, 0.15) is 5.69 Å². The second kappa shape index (κ2) is 4.00. The third-order valence-electron chi connectivity index (χ3n) is 1.90. The van der Waals surface area contributed by atoms with Gasteiger partial charge in [0.25, 0.3) is 0 Å². The van der Waals surface area contributed by atoms with Crippen molar-refractivity contribution in [3.63, 3.8) is 0 Å². The molecular weight excluding hydrogens is 190 g/mol. The molecule has 0 saturated carbocycles. The lowest BCUT2D eigenvalue weighted by atomic mass is 10.3. The molecule has 0 aliphatic rings. The first kappa shape index (κ1) is 9.51. The Bertz CT molecular complexity index is 455. The summed E-state index contributed by atoms with van der Waals surface area (Å²) < 4.78 is 0. The molecule has 0 unspecified atom stereocenters. The van der Waals surface area contributed by atoms with Crippen molar-refractivity contribution in [3.05, 3.63) is 30.4 Å². The molecule has 2 rings (SSSR count). The Balaban J connectivity index is 2.49. The summed E-state index contributed by atoms with van der Waals surface area (Å²) in [6.45, 7) is 1.92. The highest BCUT2D eigenvalue weighted by Crippen LogP contribution is 2.14. The van der Waals surface area contributed by atoms with Crippen molar-refractivity contribution < 1.29 is 0 Å². The van der Waals surface area contributed by atoms with Crippen LogP contribution in [0.2, 0.25) is 0 Å². The molecule has 0 bridgehead atoms. The molecule has 2 aromatic heterocycles. The fraction of sp³-hybridized carbons (Fsp3) is 0.200. The lowest BCUT2D eigenvalue weighted by molar-refractivity contribution is 1.08. The Morgan fingerprint density at radius 2 is 2.00 bits per heavy atom. The zero-order chi connectivity index (χ0) is 10.7. The van der Waals surface area contributed by atoms with E-state index in [9.17, 15) is 0 Å². The molecule has 0 radical (unpaired) electrons. The van der Waals surface area contributed by atoms with Crippen LogP contribution in [0.25, 0.3) is 11.4 Å². The smallest absolute Gasteiger partial charge is 0.223 e. The molecule has 1 N–H and O–H groups in total. The minimum absolute atomic E-state index is 0.593. The van der Waals surface area contributed by atoms with Crippen molar-refractivity contribution in [3.8, 4) is 11.4 Å². The predicted molar refractivity (Wildman–Crippen MR) is 57.3 cm³/mol. The Labute approximate surface area is 87.6 Å². The lowest BCUT2D eigenvalue weighted by Crippen LogP contribution is -2.00. The second-order valence-electron chi connectivity index (χ2n) is 3.06. The van der Waals surface area contributed by atoms with Gasteiger partial charge in [-0.3, -0.25) is 9.97 Å². The number of aromatic nitrogens is 4. The number of nitrogens with one attached hydrogen (secondary N) is 1.